The van der Waals surface area contributed by atoms with Gasteiger partial charge in [0.15, 0.2) is 0 Å². The molecule has 0 aliphatic heterocycles. The summed E-state index contributed by atoms with van der Waals surface area (Å²) >= 11 is 1.46. The fraction of sp³-hybridized carbons (Fsp3) is 0.308. The van der Waals surface area contributed by atoms with Crippen LogP contribution in [-0.4, -0.2) is 32.3 Å². The molecule has 2 aromatic carbocycles. The highest BCUT2D eigenvalue weighted by Crippen LogP contribution is 2.32. The number of hydrogen-bond donors (Lipinski definition) is 1. The minimum absolute atomic E-state index is 0.0409. The molecule has 0 aliphatic rings. The second-order valence-electron chi connectivity index (χ2n) is 8.98. The average Bonchev–Trinajstić information content (AvgIpc) is 3.47. The summed E-state index contributed by atoms with van der Waals surface area (Å²) in [6.45, 7) is 7.92. The van der Waals surface area contributed by atoms with Crippen LogP contribution in [0.3, 0.4) is 0 Å². The van der Waals surface area contributed by atoms with Crippen LogP contribution in [0.2, 0.25) is 0 Å². The molecule has 0 radical (unpaired) electrons. The third-order valence-corrected chi connectivity index (χ3v) is 6.84. The summed E-state index contributed by atoms with van der Waals surface area (Å²) in [4.78, 5) is 30.0. The molecule has 0 unspecified atom stereocenters. The summed E-state index contributed by atoms with van der Waals surface area (Å²) in [5.41, 5.74) is 2.74. The second-order valence-corrected chi connectivity index (χ2v) is 9.96. The fourth-order valence-corrected chi connectivity index (χ4v) is 4.58. The van der Waals surface area contributed by atoms with Crippen molar-refractivity contribution in [1.82, 2.24) is 20.3 Å². The first-order chi connectivity index (χ1) is 16.3. The van der Waals surface area contributed by atoms with Crippen molar-refractivity contribution in [3.63, 3.8) is 0 Å². The summed E-state index contributed by atoms with van der Waals surface area (Å²) in [5.74, 6) is -0.461. The van der Waals surface area contributed by atoms with Crippen LogP contribution in [0, 0.1) is 6.92 Å². The number of benzene rings is 2. The van der Waals surface area contributed by atoms with E-state index in [9.17, 15) is 9.59 Å². The monoisotopic (exact) mass is 475 g/mol. The van der Waals surface area contributed by atoms with Gasteiger partial charge in [0, 0.05) is 16.1 Å². The number of carbonyl (C=O) groups excluding carboxylic acids is 2. The van der Waals surface area contributed by atoms with Crippen molar-refractivity contribution in [3.8, 4) is 0 Å². The van der Waals surface area contributed by atoms with Gasteiger partial charge in [-0.1, -0.05) is 42.5 Å². The number of nitrogens with zero attached hydrogens (tertiary/aromatic N) is 4. The molecule has 0 spiro atoms. The lowest BCUT2D eigenvalue weighted by Crippen LogP contribution is -2.50. The summed E-state index contributed by atoms with van der Waals surface area (Å²) in [6, 6.07) is 18.2. The van der Waals surface area contributed by atoms with E-state index in [4.69, 9.17) is 0 Å². The van der Waals surface area contributed by atoms with E-state index in [0.717, 1.165) is 27.9 Å². The quantitative estimate of drug-likeness (QED) is 0.394. The number of nitrogens with one attached hydrogen (secondary N) is 1. The summed E-state index contributed by atoms with van der Waals surface area (Å²) < 4.78 is 1.58. The SMILES string of the molecule is CCC(C)(C)NC(=O)[C@@H](c1cccs1)N(C(=O)Cn1nnc2ccccc21)c1cccc(C)c1. The summed E-state index contributed by atoms with van der Waals surface area (Å²) in [6.07, 6.45) is 0.763. The summed E-state index contributed by atoms with van der Waals surface area (Å²) in [5, 5.41) is 13.4. The zero-order valence-corrected chi connectivity index (χ0v) is 20.7. The highest BCUT2D eigenvalue weighted by molar-refractivity contribution is 7.10. The Labute approximate surface area is 203 Å². The van der Waals surface area contributed by atoms with Gasteiger partial charge in [-0.25, -0.2) is 4.68 Å². The zero-order valence-electron chi connectivity index (χ0n) is 19.9. The number of hydrogen-bond acceptors (Lipinski definition) is 5. The normalized spacial score (nSPS) is 12.5. The maximum Gasteiger partial charge on any atom is 0.249 e. The van der Waals surface area contributed by atoms with Gasteiger partial charge in [-0.15, -0.1) is 16.4 Å². The maximum atomic E-state index is 13.9. The third-order valence-electron chi connectivity index (χ3n) is 5.92. The molecule has 0 aliphatic carbocycles. The van der Waals surface area contributed by atoms with Crippen molar-refractivity contribution >= 4 is 39.9 Å². The number of thiophene rings is 1. The number of aromatic nitrogens is 3. The average molecular weight is 476 g/mol. The third kappa shape index (κ3) is 5.02. The van der Waals surface area contributed by atoms with Crippen molar-refractivity contribution in [2.45, 2.75) is 52.2 Å². The molecule has 0 bridgehead atoms. The number of rotatable bonds is 8. The Hall–Kier alpha value is -3.52. The Balaban J connectivity index is 1.78. The van der Waals surface area contributed by atoms with Crippen molar-refractivity contribution in [1.29, 1.82) is 0 Å². The molecule has 8 heteroatoms. The Bertz CT molecular complexity index is 1300. The number of para-hydroxylation sites is 1. The van der Waals surface area contributed by atoms with Gasteiger partial charge in [0.2, 0.25) is 11.8 Å². The van der Waals surface area contributed by atoms with E-state index in [1.54, 1.807) is 9.58 Å². The van der Waals surface area contributed by atoms with Crippen LogP contribution in [0.25, 0.3) is 11.0 Å². The van der Waals surface area contributed by atoms with E-state index < -0.39 is 11.6 Å². The molecular formula is C26H29N5O2S. The molecule has 2 amide bonds. The van der Waals surface area contributed by atoms with E-state index in [-0.39, 0.29) is 18.4 Å². The topological polar surface area (TPSA) is 80.1 Å². The first-order valence-electron chi connectivity index (χ1n) is 11.3. The van der Waals surface area contributed by atoms with Gasteiger partial charge in [-0.05, 0) is 68.5 Å². The van der Waals surface area contributed by atoms with E-state index in [1.807, 2.05) is 93.7 Å². The predicted octanol–water partition coefficient (Wildman–Crippen LogP) is 4.88. The second kappa shape index (κ2) is 9.77. The Morgan fingerprint density at radius 3 is 2.62 bits per heavy atom. The molecule has 1 N–H and O–H groups in total. The summed E-state index contributed by atoms with van der Waals surface area (Å²) in [7, 11) is 0. The number of carbonyl (C=O) groups is 2. The van der Waals surface area contributed by atoms with Gasteiger partial charge in [0.05, 0.1) is 5.52 Å². The molecule has 1 atom stereocenters. The lowest BCUT2D eigenvalue weighted by Gasteiger charge is -2.34. The van der Waals surface area contributed by atoms with Gasteiger partial charge >= 0.3 is 0 Å². The minimum Gasteiger partial charge on any atom is -0.349 e. The van der Waals surface area contributed by atoms with Crippen molar-refractivity contribution < 1.29 is 9.59 Å². The maximum absolute atomic E-state index is 13.9. The Morgan fingerprint density at radius 1 is 1.12 bits per heavy atom. The first kappa shape index (κ1) is 23.6. The van der Waals surface area contributed by atoms with Crippen LogP contribution in [0.15, 0.2) is 66.0 Å². The van der Waals surface area contributed by atoms with Crippen molar-refractivity contribution in [3.05, 3.63) is 76.5 Å². The van der Waals surface area contributed by atoms with Crippen LogP contribution in [-0.2, 0) is 16.1 Å². The molecule has 4 rings (SSSR count). The van der Waals surface area contributed by atoms with Crippen LogP contribution in [0.4, 0.5) is 5.69 Å². The largest absolute Gasteiger partial charge is 0.349 e. The molecule has 34 heavy (non-hydrogen) atoms. The molecule has 176 valence electrons. The van der Waals surface area contributed by atoms with E-state index in [0.29, 0.717) is 5.69 Å². The van der Waals surface area contributed by atoms with Gasteiger partial charge in [0.25, 0.3) is 0 Å². The Kier molecular flexibility index (Phi) is 6.79. The highest BCUT2D eigenvalue weighted by atomic mass is 32.1. The lowest BCUT2D eigenvalue weighted by atomic mass is 10.0. The molecular weight excluding hydrogens is 446 g/mol. The van der Waals surface area contributed by atoms with Crippen LogP contribution in [0.1, 0.15) is 43.7 Å². The van der Waals surface area contributed by atoms with Crippen molar-refractivity contribution in [2.24, 2.45) is 0 Å². The number of anilines is 1. The molecule has 2 aromatic heterocycles. The standard InChI is InChI=1S/C26H29N5O2S/c1-5-26(3,4)27-25(33)24(22-14-9-15-34-22)31(19-11-8-10-18(2)16-19)23(32)17-30-21-13-7-6-12-20(21)28-29-30/h6-16,24H,5,17H2,1-4H3,(H,27,33)/t24-/m1/s1. The smallest absolute Gasteiger partial charge is 0.249 e. The molecule has 2 heterocycles. The van der Waals surface area contributed by atoms with Gasteiger partial charge in [0.1, 0.15) is 18.1 Å². The molecule has 0 saturated heterocycles. The van der Waals surface area contributed by atoms with Gasteiger partial charge in [-0.3, -0.25) is 14.5 Å². The van der Waals surface area contributed by atoms with Crippen LogP contribution >= 0.6 is 11.3 Å². The lowest BCUT2D eigenvalue weighted by molar-refractivity contribution is -0.128. The van der Waals surface area contributed by atoms with Gasteiger partial charge < -0.3 is 5.32 Å². The molecule has 4 aromatic rings. The van der Waals surface area contributed by atoms with E-state index in [2.05, 4.69) is 15.6 Å². The van der Waals surface area contributed by atoms with Crippen molar-refractivity contribution in [2.75, 3.05) is 4.90 Å². The molecule has 0 saturated carbocycles. The van der Waals surface area contributed by atoms with E-state index >= 15 is 0 Å². The van der Waals surface area contributed by atoms with E-state index in [1.165, 1.54) is 11.3 Å². The number of fused-ring (bicyclic) bond motifs is 1. The number of aryl methyl sites for hydroxylation is 1. The Morgan fingerprint density at radius 2 is 1.91 bits per heavy atom. The zero-order chi connectivity index (χ0) is 24.3. The van der Waals surface area contributed by atoms with Crippen LogP contribution < -0.4 is 10.2 Å². The van der Waals surface area contributed by atoms with Crippen LogP contribution in [0.5, 0.6) is 0 Å². The van der Waals surface area contributed by atoms with Gasteiger partial charge in [-0.2, -0.15) is 0 Å². The minimum atomic E-state index is -0.810. The predicted molar refractivity (Wildman–Crippen MR) is 136 cm³/mol. The number of amides is 2. The highest BCUT2D eigenvalue weighted by Gasteiger charge is 2.36. The molecule has 0 fully saturated rings. The first-order valence-corrected chi connectivity index (χ1v) is 12.2. The molecule has 7 nitrogen and oxygen atoms in total. The fourth-order valence-electron chi connectivity index (χ4n) is 3.76.